The Balaban J connectivity index is 1.62. The van der Waals surface area contributed by atoms with Crippen molar-refractivity contribution in [2.75, 3.05) is 0 Å². The monoisotopic (exact) mass is 313 g/mol. The molecule has 0 bridgehead atoms. The Labute approximate surface area is 141 Å². The van der Waals surface area contributed by atoms with Gasteiger partial charge in [-0.3, -0.25) is 0 Å². The van der Waals surface area contributed by atoms with E-state index in [1.807, 2.05) is 6.08 Å². The highest BCUT2D eigenvalue weighted by Crippen LogP contribution is 2.66. The van der Waals surface area contributed by atoms with E-state index in [-0.39, 0.29) is 6.10 Å². The number of nitrogens with zero attached hydrogens (tertiary/aromatic N) is 1. The highest BCUT2D eigenvalue weighted by Gasteiger charge is 2.58. The Kier molecular flexibility index (Phi) is 3.65. The van der Waals surface area contributed by atoms with Crippen LogP contribution in [0.15, 0.2) is 11.6 Å². The van der Waals surface area contributed by atoms with Gasteiger partial charge in [0.25, 0.3) is 0 Å². The smallest absolute Gasteiger partial charge is 0.0911 e. The summed E-state index contributed by atoms with van der Waals surface area (Å²) in [6.07, 6.45) is 12.8. The molecule has 0 saturated heterocycles. The normalized spacial score (nSPS) is 54.0. The lowest BCUT2D eigenvalue weighted by Gasteiger charge is -2.60. The number of aliphatic hydroxyl groups excluding tert-OH is 1. The highest BCUT2D eigenvalue weighted by molar-refractivity contribution is 5.23. The Bertz CT molecular complexity index is 561. The van der Waals surface area contributed by atoms with Crippen LogP contribution in [-0.4, -0.2) is 11.2 Å². The van der Waals surface area contributed by atoms with Gasteiger partial charge in [0.2, 0.25) is 0 Å². The van der Waals surface area contributed by atoms with Crippen molar-refractivity contribution in [2.24, 2.45) is 34.5 Å². The third-order valence-electron chi connectivity index (χ3n) is 8.54. The average Bonchev–Trinajstić information content (AvgIpc) is 2.84. The SMILES string of the molecule is C[C@@]12CC[C@@H]3[C@H](CC[C@H]4C[C@@H](O)CC[C@]43C)[C@H]1C/C(=C/C#N)C2. The van der Waals surface area contributed by atoms with Gasteiger partial charge in [-0.25, -0.2) is 0 Å². The number of rotatable bonds is 0. The van der Waals surface area contributed by atoms with E-state index in [9.17, 15) is 5.11 Å². The number of hydrogen-bond acceptors (Lipinski definition) is 2. The van der Waals surface area contributed by atoms with Crippen molar-refractivity contribution in [2.45, 2.75) is 77.7 Å². The molecule has 23 heavy (non-hydrogen) atoms. The Morgan fingerprint density at radius 3 is 2.74 bits per heavy atom. The van der Waals surface area contributed by atoms with Crippen molar-refractivity contribution < 1.29 is 5.11 Å². The summed E-state index contributed by atoms with van der Waals surface area (Å²) < 4.78 is 0. The molecule has 7 atom stereocenters. The van der Waals surface area contributed by atoms with E-state index in [2.05, 4.69) is 19.9 Å². The molecule has 2 heteroatoms. The van der Waals surface area contributed by atoms with Crippen LogP contribution in [0.1, 0.15) is 71.6 Å². The van der Waals surface area contributed by atoms with Crippen LogP contribution in [0.4, 0.5) is 0 Å². The molecule has 4 aliphatic rings. The zero-order chi connectivity index (χ0) is 16.2. The minimum atomic E-state index is -0.0462. The van der Waals surface area contributed by atoms with Crippen LogP contribution in [-0.2, 0) is 0 Å². The fraction of sp³-hybridized carbons (Fsp3) is 0.857. The predicted molar refractivity (Wildman–Crippen MR) is 91.4 cm³/mol. The molecule has 1 N–H and O–H groups in total. The molecule has 0 radical (unpaired) electrons. The first kappa shape index (κ1) is 15.7. The van der Waals surface area contributed by atoms with Gasteiger partial charge in [-0.05, 0) is 92.3 Å². The van der Waals surface area contributed by atoms with E-state index in [4.69, 9.17) is 5.26 Å². The molecular weight excluding hydrogens is 282 g/mol. The van der Waals surface area contributed by atoms with Crippen LogP contribution in [0.2, 0.25) is 0 Å². The number of fused-ring (bicyclic) bond motifs is 5. The van der Waals surface area contributed by atoms with E-state index >= 15 is 0 Å². The average molecular weight is 313 g/mol. The highest BCUT2D eigenvalue weighted by atomic mass is 16.3. The number of allylic oxidation sites excluding steroid dienone is 2. The van der Waals surface area contributed by atoms with Crippen LogP contribution in [0.3, 0.4) is 0 Å². The fourth-order valence-corrected chi connectivity index (χ4v) is 7.32. The standard InChI is InChI=1S/C21H31NO/c1-20-8-6-18-17(19(20)11-14(13-20)7-10-22)4-3-15-12-16(23)5-9-21(15,18)2/h7,15-19,23H,3-6,8-9,11-13H2,1-2H3/b14-7-/t15-,16-,17-,18+,19+,20-,21+/m0/s1. The summed E-state index contributed by atoms with van der Waals surface area (Å²) in [5.41, 5.74) is 2.32. The second kappa shape index (κ2) is 5.35. The molecule has 4 rings (SSSR count). The zero-order valence-electron chi connectivity index (χ0n) is 14.7. The zero-order valence-corrected chi connectivity index (χ0v) is 14.7. The fourth-order valence-electron chi connectivity index (χ4n) is 7.32. The number of nitriles is 1. The van der Waals surface area contributed by atoms with Crippen molar-refractivity contribution in [3.63, 3.8) is 0 Å². The molecule has 4 saturated carbocycles. The molecule has 0 amide bonds. The molecule has 0 aliphatic heterocycles. The third kappa shape index (κ3) is 2.30. The van der Waals surface area contributed by atoms with Gasteiger partial charge in [0.1, 0.15) is 0 Å². The van der Waals surface area contributed by atoms with Gasteiger partial charge in [-0.2, -0.15) is 5.26 Å². The van der Waals surface area contributed by atoms with Crippen LogP contribution in [0.25, 0.3) is 0 Å². The van der Waals surface area contributed by atoms with Gasteiger partial charge in [0, 0.05) is 6.08 Å². The van der Waals surface area contributed by atoms with Crippen molar-refractivity contribution >= 4 is 0 Å². The summed E-state index contributed by atoms with van der Waals surface area (Å²) in [4.78, 5) is 0. The quantitative estimate of drug-likeness (QED) is 0.650. The molecular formula is C21H31NO. The molecule has 0 spiro atoms. The second-order valence-electron chi connectivity index (χ2n) is 9.59. The largest absolute Gasteiger partial charge is 0.393 e. The Hall–Kier alpha value is -0.810. The van der Waals surface area contributed by atoms with E-state index < -0.39 is 0 Å². The third-order valence-corrected chi connectivity index (χ3v) is 8.54. The first-order chi connectivity index (χ1) is 11.0. The summed E-state index contributed by atoms with van der Waals surface area (Å²) >= 11 is 0. The summed E-state index contributed by atoms with van der Waals surface area (Å²) in [7, 11) is 0. The van der Waals surface area contributed by atoms with E-state index in [0.29, 0.717) is 10.8 Å². The maximum absolute atomic E-state index is 10.1. The Morgan fingerprint density at radius 1 is 1.13 bits per heavy atom. The molecule has 126 valence electrons. The molecule has 4 fully saturated rings. The summed E-state index contributed by atoms with van der Waals surface area (Å²) in [5, 5.41) is 19.2. The van der Waals surface area contributed by atoms with Crippen molar-refractivity contribution in [3.8, 4) is 6.07 Å². The molecule has 0 aromatic rings. The predicted octanol–water partition coefficient (Wildman–Crippen LogP) is 4.84. The Morgan fingerprint density at radius 2 is 1.96 bits per heavy atom. The van der Waals surface area contributed by atoms with Crippen molar-refractivity contribution in [1.29, 1.82) is 5.26 Å². The molecule has 0 aromatic carbocycles. The van der Waals surface area contributed by atoms with Crippen LogP contribution in [0.5, 0.6) is 0 Å². The van der Waals surface area contributed by atoms with Crippen LogP contribution < -0.4 is 0 Å². The van der Waals surface area contributed by atoms with Gasteiger partial charge < -0.3 is 5.11 Å². The summed E-state index contributed by atoms with van der Waals surface area (Å²) in [6.45, 7) is 5.04. The lowest BCUT2D eigenvalue weighted by atomic mass is 9.45. The van der Waals surface area contributed by atoms with E-state index in [0.717, 1.165) is 42.9 Å². The van der Waals surface area contributed by atoms with Crippen molar-refractivity contribution in [3.05, 3.63) is 11.6 Å². The van der Waals surface area contributed by atoms with E-state index in [1.165, 1.54) is 44.1 Å². The molecule has 0 aromatic heterocycles. The minimum absolute atomic E-state index is 0.0462. The van der Waals surface area contributed by atoms with Gasteiger partial charge in [0.05, 0.1) is 12.2 Å². The van der Waals surface area contributed by atoms with Gasteiger partial charge in [0.15, 0.2) is 0 Å². The lowest BCUT2D eigenvalue weighted by molar-refractivity contribution is -0.120. The van der Waals surface area contributed by atoms with E-state index in [1.54, 1.807) is 0 Å². The molecule has 2 nitrogen and oxygen atoms in total. The number of hydrogen-bond donors (Lipinski definition) is 1. The molecule has 4 aliphatic carbocycles. The minimum Gasteiger partial charge on any atom is -0.393 e. The first-order valence-electron chi connectivity index (χ1n) is 9.72. The summed E-state index contributed by atoms with van der Waals surface area (Å²) in [5.74, 6) is 3.25. The first-order valence-corrected chi connectivity index (χ1v) is 9.72. The second-order valence-corrected chi connectivity index (χ2v) is 9.59. The molecule has 0 heterocycles. The molecule has 0 unspecified atom stereocenters. The summed E-state index contributed by atoms with van der Waals surface area (Å²) in [6, 6.07) is 2.28. The maximum atomic E-state index is 10.1. The number of aliphatic hydroxyl groups is 1. The van der Waals surface area contributed by atoms with Crippen LogP contribution >= 0.6 is 0 Å². The van der Waals surface area contributed by atoms with Gasteiger partial charge in [-0.1, -0.05) is 19.4 Å². The topological polar surface area (TPSA) is 44.0 Å². The maximum Gasteiger partial charge on any atom is 0.0911 e. The lowest BCUT2D eigenvalue weighted by Crippen LogP contribution is -2.53. The van der Waals surface area contributed by atoms with Gasteiger partial charge in [-0.15, -0.1) is 0 Å². The van der Waals surface area contributed by atoms with Gasteiger partial charge >= 0.3 is 0 Å². The van der Waals surface area contributed by atoms with Crippen LogP contribution in [0, 0.1) is 45.8 Å². The van der Waals surface area contributed by atoms with Crippen molar-refractivity contribution in [1.82, 2.24) is 0 Å².